The first-order valence-electron chi connectivity index (χ1n) is 9.60. The number of carbonyl (C=O) groups excluding carboxylic acids is 1. The second-order valence-electron chi connectivity index (χ2n) is 7.54. The Balaban J connectivity index is 1.31. The van der Waals surface area contributed by atoms with Gasteiger partial charge < -0.3 is 9.47 Å². The van der Waals surface area contributed by atoms with E-state index >= 15 is 0 Å². The van der Waals surface area contributed by atoms with E-state index in [4.69, 9.17) is 0 Å². The summed E-state index contributed by atoms with van der Waals surface area (Å²) in [5.74, 6) is 1.58. The van der Waals surface area contributed by atoms with Crippen LogP contribution in [0.3, 0.4) is 0 Å². The topological polar surface area (TPSA) is 98.1 Å². The average molecular weight is 466 g/mol. The minimum atomic E-state index is -2.90. The van der Waals surface area contributed by atoms with E-state index in [-0.39, 0.29) is 29.1 Å². The molecule has 160 valence electrons. The van der Waals surface area contributed by atoms with Gasteiger partial charge in [-0.05, 0) is 24.5 Å². The maximum absolute atomic E-state index is 12.6. The third-order valence-corrected chi connectivity index (χ3v) is 9.05. The highest BCUT2D eigenvalue weighted by molar-refractivity contribution is 7.99. The normalized spacial score (nSPS) is 18.1. The summed E-state index contributed by atoms with van der Waals surface area (Å²) in [6.45, 7) is 0.471. The van der Waals surface area contributed by atoms with Crippen LogP contribution in [-0.4, -0.2) is 63.3 Å². The molecule has 1 aliphatic heterocycles. The molecular weight excluding hydrogens is 442 g/mol. The molecule has 1 saturated heterocycles. The van der Waals surface area contributed by atoms with Crippen LogP contribution in [-0.2, 0) is 34.6 Å². The maximum Gasteiger partial charge on any atom is 0.233 e. The minimum Gasteiger partial charge on any atom is -0.338 e. The number of thiazole rings is 1. The van der Waals surface area contributed by atoms with Crippen molar-refractivity contribution >= 4 is 49.1 Å². The first-order chi connectivity index (χ1) is 14.3. The van der Waals surface area contributed by atoms with Gasteiger partial charge >= 0.3 is 0 Å². The van der Waals surface area contributed by atoms with Crippen molar-refractivity contribution in [2.75, 3.05) is 24.3 Å². The number of fused-ring (bicyclic) bond motifs is 1. The molecule has 1 aromatic carbocycles. The molecule has 0 saturated carbocycles. The number of aromatic nitrogens is 4. The Labute approximate surface area is 183 Å². The molecule has 0 N–H and O–H groups in total. The summed E-state index contributed by atoms with van der Waals surface area (Å²) in [5, 5.41) is 9.96. The summed E-state index contributed by atoms with van der Waals surface area (Å²) in [4.78, 5) is 18.8. The van der Waals surface area contributed by atoms with Crippen LogP contribution < -0.4 is 0 Å². The second kappa shape index (κ2) is 8.64. The van der Waals surface area contributed by atoms with E-state index in [1.54, 1.807) is 23.3 Å². The lowest BCUT2D eigenvalue weighted by molar-refractivity contribution is -0.127. The molecule has 3 aromatic rings. The van der Waals surface area contributed by atoms with Crippen molar-refractivity contribution in [3.63, 3.8) is 0 Å². The zero-order valence-corrected chi connectivity index (χ0v) is 19.3. The van der Waals surface area contributed by atoms with Gasteiger partial charge in [0.2, 0.25) is 5.91 Å². The molecule has 1 fully saturated rings. The Morgan fingerprint density at radius 2 is 2.13 bits per heavy atom. The fourth-order valence-electron chi connectivity index (χ4n) is 3.45. The molecule has 8 nitrogen and oxygen atoms in total. The number of hydrogen-bond acceptors (Lipinski definition) is 8. The van der Waals surface area contributed by atoms with Crippen LogP contribution >= 0.6 is 23.1 Å². The zero-order chi connectivity index (χ0) is 21.3. The van der Waals surface area contributed by atoms with E-state index in [9.17, 15) is 13.2 Å². The van der Waals surface area contributed by atoms with E-state index in [1.807, 2.05) is 35.9 Å². The molecule has 0 radical (unpaired) electrons. The van der Waals surface area contributed by atoms with E-state index in [2.05, 4.69) is 15.2 Å². The minimum absolute atomic E-state index is 0.00862. The Morgan fingerprint density at radius 1 is 1.33 bits per heavy atom. The predicted molar refractivity (Wildman–Crippen MR) is 118 cm³/mol. The first kappa shape index (κ1) is 21.3. The van der Waals surface area contributed by atoms with Gasteiger partial charge in [0, 0.05) is 20.5 Å². The van der Waals surface area contributed by atoms with Gasteiger partial charge in [-0.1, -0.05) is 23.9 Å². The fraction of sp³-hybridized carbons (Fsp3) is 0.474. The van der Waals surface area contributed by atoms with Gasteiger partial charge in [-0.25, -0.2) is 13.4 Å². The smallest absolute Gasteiger partial charge is 0.233 e. The number of thioether (sulfide) groups is 1. The highest BCUT2D eigenvalue weighted by atomic mass is 32.2. The number of para-hydroxylation sites is 1. The lowest BCUT2D eigenvalue weighted by Gasteiger charge is -2.15. The van der Waals surface area contributed by atoms with Gasteiger partial charge in [-0.2, -0.15) is 0 Å². The number of nitrogens with zero attached hydrogens (tertiary/aromatic N) is 5. The fourth-order valence-corrected chi connectivity index (χ4v) is 7.21. The Bertz CT molecular complexity index is 1140. The van der Waals surface area contributed by atoms with Gasteiger partial charge in [0.05, 0.1) is 34.0 Å². The van der Waals surface area contributed by atoms with Crippen LogP contribution in [0.15, 0.2) is 29.4 Å². The summed E-state index contributed by atoms with van der Waals surface area (Å²) in [6.07, 6.45) is 1.27. The van der Waals surface area contributed by atoms with Crippen LogP contribution in [0.4, 0.5) is 0 Å². The lowest BCUT2D eigenvalue weighted by Crippen LogP contribution is -2.27. The van der Waals surface area contributed by atoms with Crippen LogP contribution in [0.5, 0.6) is 0 Å². The maximum atomic E-state index is 12.6. The monoisotopic (exact) mass is 465 g/mol. The number of rotatable bonds is 7. The summed E-state index contributed by atoms with van der Waals surface area (Å²) in [5.41, 5.74) is 0.953. The van der Waals surface area contributed by atoms with Crippen molar-refractivity contribution in [1.29, 1.82) is 0 Å². The van der Waals surface area contributed by atoms with Gasteiger partial charge in [-0.15, -0.1) is 21.5 Å². The molecule has 0 spiro atoms. The number of carbonyl (C=O) groups is 1. The quantitative estimate of drug-likeness (QED) is 0.493. The number of sulfone groups is 1. The van der Waals surface area contributed by atoms with Crippen LogP contribution in [0.25, 0.3) is 10.2 Å². The van der Waals surface area contributed by atoms with Gasteiger partial charge in [-0.3, -0.25) is 4.79 Å². The van der Waals surface area contributed by atoms with Crippen molar-refractivity contribution in [3.8, 4) is 0 Å². The molecule has 30 heavy (non-hydrogen) atoms. The molecule has 2 aromatic heterocycles. The molecule has 0 aliphatic carbocycles. The molecule has 1 aliphatic rings. The van der Waals surface area contributed by atoms with Crippen molar-refractivity contribution in [3.05, 3.63) is 35.1 Å². The van der Waals surface area contributed by atoms with E-state index in [1.165, 1.54) is 11.8 Å². The standard InChI is InChI=1S/C19H23N5O3S3/c1-23(10-17-20-14-5-3-4-6-15(14)29-17)18(25)11-28-19-22-21-16(24(19)2)9-13-7-8-30(26,27)12-13/h3-6,13H,7-12H2,1-2H3. The van der Waals surface area contributed by atoms with Crippen LogP contribution in [0.2, 0.25) is 0 Å². The van der Waals surface area contributed by atoms with Crippen molar-refractivity contribution < 1.29 is 13.2 Å². The largest absolute Gasteiger partial charge is 0.338 e. The van der Waals surface area contributed by atoms with Gasteiger partial charge in [0.15, 0.2) is 15.0 Å². The molecule has 1 atom stereocenters. The average Bonchev–Trinajstić information content (AvgIpc) is 3.37. The van der Waals surface area contributed by atoms with Gasteiger partial charge in [0.1, 0.15) is 10.8 Å². The summed E-state index contributed by atoms with van der Waals surface area (Å²) >= 11 is 2.94. The summed E-state index contributed by atoms with van der Waals surface area (Å²) in [6, 6.07) is 7.94. The molecular formula is C19H23N5O3S3. The van der Waals surface area contributed by atoms with Crippen LogP contribution in [0, 0.1) is 5.92 Å². The summed E-state index contributed by atoms with van der Waals surface area (Å²) < 4.78 is 26.3. The molecule has 11 heteroatoms. The molecule has 1 amide bonds. The molecule has 1 unspecified atom stereocenters. The zero-order valence-electron chi connectivity index (χ0n) is 16.8. The molecule has 4 rings (SSSR count). The van der Waals surface area contributed by atoms with E-state index < -0.39 is 9.84 Å². The highest BCUT2D eigenvalue weighted by Crippen LogP contribution is 2.25. The first-order valence-corrected chi connectivity index (χ1v) is 13.2. The van der Waals surface area contributed by atoms with E-state index in [0.717, 1.165) is 21.0 Å². The van der Waals surface area contributed by atoms with Crippen molar-refractivity contribution in [2.45, 2.75) is 24.5 Å². The van der Waals surface area contributed by atoms with Crippen molar-refractivity contribution in [2.24, 2.45) is 13.0 Å². The predicted octanol–water partition coefficient (Wildman–Crippen LogP) is 2.15. The number of benzene rings is 1. The third-order valence-electron chi connectivity index (χ3n) is 5.18. The Morgan fingerprint density at radius 3 is 2.87 bits per heavy atom. The summed E-state index contributed by atoms with van der Waals surface area (Å²) in [7, 11) is 0.729. The Kier molecular flexibility index (Phi) is 6.12. The van der Waals surface area contributed by atoms with Crippen molar-refractivity contribution in [1.82, 2.24) is 24.6 Å². The SMILES string of the molecule is CN(Cc1nc2ccccc2s1)C(=O)CSc1nnc(CC2CCS(=O)(=O)C2)n1C. The molecule has 3 heterocycles. The third kappa shape index (κ3) is 4.84. The second-order valence-corrected chi connectivity index (χ2v) is 11.8. The van der Waals surface area contributed by atoms with E-state index in [0.29, 0.717) is 24.5 Å². The Hall–Kier alpha value is -1.98. The molecule has 0 bridgehead atoms. The number of amides is 1. The highest BCUT2D eigenvalue weighted by Gasteiger charge is 2.29. The number of hydrogen-bond donors (Lipinski definition) is 0. The van der Waals surface area contributed by atoms with Crippen LogP contribution in [0.1, 0.15) is 17.3 Å². The van der Waals surface area contributed by atoms with Gasteiger partial charge in [0.25, 0.3) is 0 Å². The lowest BCUT2D eigenvalue weighted by atomic mass is 10.1.